The fourth-order valence-corrected chi connectivity index (χ4v) is 4.11. The maximum absolute atomic E-state index is 11.6. The number of amides is 1. The molecule has 1 rings (SSSR count). The molecule has 1 amide bonds. The third-order valence-electron chi connectivity index (χ3n) is 2.04. The Kier molecular flexibility index (Phi) is 4.61. The monoisotopic (exact) mass is 277 g/mol. The second kappa shape index (κ2) is 5.56. The molecule has 17 heavy (non-hydrogen) atoms. The van der Waals surface area contributed by atoms with E-state index in [4.69, 9.17) is 5.84 Å². The van der Waals surface area contributed by atoms with Crippen LogP contribution in [0.4, 0.5) is 0 Å². The molecule has 0 bridgehead atoms. The highest BCUT2D eigenvalue weighted by atomic mass is 32.2. The Balaban J connectivity index is 2.92. The normalized spacial score (nSPS) is 11.5. The van der Waals surface area contributed by atoms with Crippen molar-refractivity contribution in [2.75, 3.05) is 5.75 Å². The molecule has 0 saturated heterocycles. The van der Waals surface area contributed by atoms with E-state index in [1.54, 1.807) is 13.8 Å². The number of nitrogens with one attached hydrogen (secondary N) is 1. The molecule has 6 nitrogen and oxygen atoms in total. The highest BCUT2D eigenvalue weighted by Crippen LogP contribution is 2.20. The van der Waals surface area contributed by atoms with E-state index in [0.717, 1.165) is 11.3 Å². The Bertz CT molecular complexity index is 508. The maximum atomic E-state index is 11.6. The van der Waals surface area contributed by atoms with Crippen LogP contribution in [0, 0.1) is 6.92 Å². The molecule has 3 N–H and O–H groups in total. The molecule has 1 aromatic rings. The number of aromatic nitrogens is 1. The van der Waals surface area contributed by atoms with Crippen LogP contribution in [-0.4, -0.2) is 25.1 Å². The molecule has 0 radical (unpaired) electrons. The van der Waals surface area contributed by atoms with E-state index in [2.05, 4.69) is 4.98 Å². The molecule has 0 unspecified atom stereocenters. The van der Waals surface area contributed by atoms with Gasteiger partial charge in [0.25, 0.3) is 5.91 Å². The minimum atomic E-state index is -3.14. The van der Waals surface area contributed by atoms with Crippen LogP contribution >= 0.6 is 11.3 Å². The van der Waals surface area contributed by atoms with Gasteiger partial charge in [-0.15, -0.1) is 11.3 Å². The molecule has 0 saturated carbocycles. The van der Waals surface area contributed by atoms with Crippen molar-refractivity contribution in [3.05, 3.63) is 15.6 Å². The zero-order chi connectivity index (χ0) is 13.1. The van der Waals surface area contributed by atoms with E-state index in [1.165, 1.54) is 0 Å². The molecule has 96 valence electrons. The van der Waals surface area contributed by atoms with Crippen molar-refractivity contribution in [2.24, 2.45) is 5.84 Å². The summed E-state index contributed by atoms with van der Waals surface area (Å²) in [5.74, 6) is 4.58. The lowest BCUT2D eigenvalue weighted by molar-refractivity contribution is 0.0957. The molecule has 0 aromatic carbocycles. The minimum Gasteiger partial charge on any atom is -0.289 e. The predicted molar refractivity (Wildman–Crippen MR) is 66.3 cm³/mol. The lowest BCUT2D eigenvalue weighted by Gasteiger charge is -1.98. The number of carbonyl (C=O) groups is 1. The van der Waals surface area contributed by atoms with Gasteiger partial charge in [0.05, 0.1) is 11.4 Å². The van der Waals surface area contributed by atoms with Crippen molar-refractivity contribution in [3.63, 3.8) is 0 Å². The van der Waals surface area contributed by atoms with Crippen molar-refractivity contribution in [1.82, 2.24) is 10.4 Å². The topological polar surface area (TPSA) is 102 Å². The van der Waals surface area contributed by atoms with E-state index in [1.807, 2.05) is 5.43 Å². The van der Waals surface area contributed by atoms with Crippen molar-refractivity contribution in [1.29, 1.82) is 0 Å². The average molecular weight is 277 g/mol. The van der Waals surface area contributed by atoms with E-state index < -0.39 is 15.7 Å². The Labute approximate surface area is 104 Å². The van der Waals surface area contributed by atoms with Crippen LogP contribution in [0.1, 0.15) is 33.7 Å². The first-order valence-corrected chi connectivity index (χ1v) is 7.71. The molecule has 0 spiro atoms. The molecule has 8 heteroatoms. The maximum Gasteiger partial charge on any atom is 0.277 e. The molecular formula is C9H15N3O3S2. The third-order valence-corrected chi connectivity index (χ3v) is 5.12. The Morgan fingerprint density at radius 3 is 2.71 bits per heavy atom. The zero-order valence-corrected chi connectivity index (χ0v) is 11.3. The summed E-state index contributed by atoms with van der Waals surface area (Å²) in [6, 6.07) is 0. The molecule has 0 atom stereocenters. The van der Waals surface area contributed by atoms with Crippen LogP contribution in [0.3, 0.4) is 0 Å². The van der Waals surface area contributed by atoms with Crippen LogP contribution in [0.5, 0.6) is 0 Å². The number of nitrogens with zero attached hydrogens (tertiary/aromatic N) is 1. The number of thiazole rings is 1. The van der Waals surface area contributed by atoms with Crippen molar-refractivity contribution < 1.29 is 13.2 Å². The van der Waals surface area contributed by atoms with Gasteiger partial charge in [0.2, 0.25) is 0 Å². The number of aryl methyl sites for hydroxylation is 1. The first-order chi connectivity index (χ1) is 7.89. The van der Waals surface area contributed by atoms with Crippen LogP contribution in [-0.2, 0) is 15.6 Å². The number of hydrogen-bond donors (Lipinski definition) is 2. The third kappa shape index (κ3) is 3.76. The Morgan fingerprint density at radius 2 is 2.18 bits per heavy atom. The van der Waals surface area contributed by atoms with Gasteiger partial charge in [-0.1, -0.05) is 6.92 Å². The van der Waals surface area contributed by atoms with Gasteiger partial charge in [0.1, 0.15) is 15.6 Å². The van der Waals surface area contributed by atoms with Gasteiger partial charge in [0.15, 0.2) is 9.84 Å². The Hall–Kier alpha value is -0.990. The SMILES string of the molecule is CCCS(=O)(=O)Cc1nc(C)c(C(=O)NN)s1. The van der Waals surface area contributed by atoms with E-state index >= 15 is 0 Å². The predicted octanol–water partition coefficient (Wildman–Crippen LogP) is 0.380. The fraction of sp³-hybridized carbons (Fsp3) is 0.556. The number of hydrazine groups is 1. The lowest BCUT2D eigenvalue weighted by Crippen LogP contribution is -2.29. The standard InChI is InChI=1S/C9H15N3O3S2/c1-3-4-17(14,15)5-7-11-6(2)8(16-7)9(13)12-10/h3-5,10H2,1-2H3,(H,12,13). The van der Waals surface area contributed by atoms with Gasteiger partial charge in [-0.25, -0.2) is 19.2 Å². The van der Waals surface area contributed by atoms with Gasteiger partial charge in [-0.2, -0.15) is 0 Å². The minimum absolute atomic E-state index is 0.121. The van der Waals surface area contributed by atoms with Crippen LogP contribution in [0.25, 0.3) is 0 Å². The summed E-state index contributed by atoms with van der Waals surface area (Å²) in [5.41, 5.74) is 2.51. The average Bonchev–Trinajstić information content (AvgIpc) is 2.57. The van der Waals surface area contributed by atoms with Crippen molar-refractivity contribution in [2.45, 2.75) is 26.0 Å². The smallest absolute Gasteiger partial charge is 0.277 e. The number of sulfone groups is 1. The molecule has 0 aliphatic heterocycles. The summed E-state index contributed by atoms with van der Waals surface area (Å²) in [6.07, 6.45) is 0.572. The van der Waals surface area contributed by atoms with E-state index in [9.17, 15) is 13.2 Å². The summed E-state index contributed by atoms with van der Waals surface area (Å²) in [7, 11) is -3.14. The van der Waals surface area contributed by atoms with Gasteiger partial charge in [0, 0.05) is 0 Å². The van der Waals surface area contributed by atoms with Gasteiger partial charge in [-0.3, -0.25) is 10.2 Å². The number of carbonyl (C=O) groups excluding carboxylic acids is 1. The fourth-order valence-electron chi connectivity index (χ4n) is 1.36. The number of nitrogens with two attached hydrogens (primary N) is 1. The summed E-state index contributed by atoms with van der Waals surface area (Å²) in [6.45, 7) is 3.45. The van der Waals surface area contributed by atoms with Crippen molar-refractivity contribution in [3.8, 4) is 0 Å². The van der Waals surface area contributed by atoms with Crippen molar-refractivity contribution >= 4 is 27.1 Å². The summed E-state index contributed by atoms with van der Waals surface area (Å²) in [4.78, 5) is 15.7. The molecular weight excluding hydrogens is 262 g/mol. The van der Waals surface area contributed by atoms with E-state index in [0.29, 0.717) is 22.0 Å². The quantitative estimate of drug-likeness (QED) is 0.460. The summed E-state index contributed by atoms with van der Waals surface area (Å²) >= 11 is 1.06. The van der Waals surface area contributed by atoms with Gasteiger partial charge >= 0.3 is 0 Å². The zero-order valence-electron chi connectivity index (χ0n) is 9.69. The number of nitrogen functional groups attached to an aromatic ring is 1. The molecule has 0 fully saturated rings. The Morgan fingerprint density at radius 1 is 1.53 bits per heavy atom. The van der Waals surface area contributed by atoms with Crippen LogP contribution in [0.2, 0.25) is 0 Å². The number of hydrogen-bond acceptors (Lipinski definition) is 6. The molecule has 1 aromatic heterocycles. The summed E-state index contributed by atoms with van der Waals surface area (Å²) < 4.78 is 23.2. The summed E-state index contributed by atoms with van der Waals surface area (Å²) in [5, 5.41) is 0.426. The first kappa shape index (κ1) is 14.1. The molecule has 1 heterocycles. The number of rotatable bonds is 5. The van der Waals surface area contributed by atoms with Gasteiger partial charge in [-0.05, 0) is 13.3 Å². The lowest BCUT2D eigenvalue weighted by atomic mass is 10.4. The molecule has 0 aliphatic carbocycles. The first-order valence-electron chi connectivity index (χ1n) is 5.07. The van der Waals surface area contributed by atoms with E-state index in [-0.39, 0.29) is 11.5 Å². The highest BCUT2D eigenvalue weighted by molar-refractivity contribution is 7.90. The van der Waals surface area contributed by atoms with Gasteiger partial charge < -0.3 is 0 Å². The van der Waals surface area contributed by atoms with Crippen LogP contribution < -0.4 is 11.3 Å². The largest absolute Gasteiger partial charge is 0.289 e. The van der Waals surface area contributed by atoms with Crippen LogP contribution in [0.15, 0.2) is 0 Å². The second-order valence-electron chi connectivity index (χ2n) is 3.59. The molecule has 0 aliphatic rings. The second-order valence-corrected chi connectivity index (χ2v) is 6.86. The highest BCUT2D eigenvalue weighted by Gasteiger charge is 2.18.